The van der Waals surface area contributed by atoms with Crippen LogP contribution in [0.2, 0.25) is 0 Å². The van der Waals surface area contributed by atoms with Gasteiger partial charge in [0.1, 0.15) is 6.04 Å². The molecule has 1 aromatic rings. The van der Waals surface area contributed by atoms with Crippen molar-refractivity contribution >= 4 is 11.9 Å². The Bertz CT molecular complexity index is 516. The van der Waals surface area contributed by atoms with Crippen LogP contribution >= 0.6 is 0 Å². The number of hydrogen-bond donors (Lipinski definition) is 1. The van der Waals surface area contributed by atoms with E-state index in [4.69, 9.17) is 0 Å². The summed E-state index contributed by atoms with van der Waals surface area (Å²) in [6, 6.07) is 0.937. The van der Waals surface area contributed by atoms with E-state index in [1.807, 2.05) is 0 Å². The lowest BCUT2D eigenvalue weighted by atomic mass is 10.0. The number of nitrogens with zero attached hydrogens (tertiary/aromatic N) is 3. The monoisotopic (exact) mass is 263 g/mol. The highest BCUT2D eigenvalue weighted by Crippen LogP contribution is 2.20. The Balaban J connectivity index is 2.31. The van der Waals surface area contributed by atoms with Crippen molar-refractivity contribution in [3.05, 3.63) is 23.0 Å². The quantitative estimate of drug-likeness (QED) is 0.866. The maximum absolute atomic E-state index is 12.5. The van der Waals surface area contributed by atoms with Crippen molar-refractivity contribution in [3.8, 4) is 0 Å². The summed E-state index contributed by atoms with van der Waals surface area (Å²) in [5.41, 5.74) is 1.63. The van der Waals surface area contributed by atoms with E-state index in [0.717, 1.165) is 12.8 Å². The van der Waals surface area contributed by atoms with Gasteiger partial charge in [-0.05, 0) is 39.2 Å². The molecule has 1 amide bonds. The van der Waals surface area contributed by atoms with Crippen LogP contribution < -0.4 is 0 Å². The number of hydrogen-bond acceptors (Lipinski definition) is 4. The minimum atomic E-state index is -0.940. The first-order valence-electron chi connectivity index (χ1n) is 6.35. The fourth-order valence-corrected chi connectivity index (χ4v) is 2.35. The van der Waals surface area contributed by atoms with Crippen molar-refractivity contribution in [1.82, 2.24) is 15.1 Å². The fraction of sp³-hybridized carbons (Fsp3) is 0.538. The minimum absolute atomic E-state index is 0.261. The molecule has 1 aliphatic rings. The van der Waals surface area contributed by atoms with Crippen LogP contribution in [0.4, 0.5) is 0 Å². The first-order chi connectivity index (χ1) is 9.00. The Kier molecular flexibility index (Phi) is 3.78. The maximum Gasteiger partial charge on any atom is 0.326 e. The molecule has 1 aromatic heterocycles. The molecule has 0 aromatic carbocycles. The van der Waals surface area contributed by atoms with Crippen molar-refractivity contribution in [2.75, 3.05) is 6.54 Å². The van der Waals surface area contributed by atoms with E-state index in [-0.39, 0.29) is 5.91 Å². The van der Waals surface area contributed by atoms with Gasteiger partial charge in [-0.2, -0.15) is 10.2 Å². The fourth-order valence-electron chi connectivity index (χ4n) is 2.35. The van der Waals surface area contributed by atoms with Gasteiger partial charge in [0.05, 0.1) is 17.0 Å². The molecule has 2 rings (SSSR count). The van der Waals surface area contributed by atoms with E-state index >= 15 is 0 Å². The molecule has 0 saturated carbocycles. The summed E-state index contributed by atoms with van der Waals surface area (Å²) in [5, 5.41) is 17.0. The minimum Gasteiger partial charge on any atom is -0.480 e. The number of aryl methyl sites for hydroxylation is 2. The second-order valence-electron chi connectivity index (χ2n) is 4.83. The van der Waals surface area contributed by atoms with Crippen LogP contribution in [0.25, 0.3) is 0 Å². The molecule has 0 unspecified atom stereocenters. The van der Waals surface area contributed by atoms with Crippen LogP contribution in [0, 0.1) is 13.8 Å². The van der Waals surface area contributed by atoms with E-state index in [0.29, 0.717) is 29.9 Å². The van der Waals surface area contributed by atoms with Crippen molar-refractivity contribution in [1.29, 1.82) is 0 Å². The lowest BCUT2D eigenvalue weighted by molar-refractivity contribution is -0.143. The van der Waals surface area contributed by atoms with Crippen LogP contribution in [0.1, 0.15) is 41.0 Å². The Labute approximate surface area is 111 Å². The number of carbonyl (C=O) groups excluding carboxylic acids is 1. The number of aliphatic carboxylic acids is 1. The smallest absolute Gasteiger partial charge is 0.326 e. The van der Waals surface area contributed by atoms with Gasteiger partial charge in [0.15, 0.2) is 0 Å². The summed E-state index contributed by atoms with van der Waals surface area (Å²) in [6.45, 7) is 3.95. The molecule has 0 radical (unpaired) electrons. The van der Waals surface area contributed by atoms with Gasteiger partial charge < -0.3 is 10.0 Å². The number of aromatic nitrogens is 2. The first kappa shape index (κ1) is 13.5. The largest absolute Gasteiger partial charge is 0.480 e. The topological polar surface area (TPSA) is 83.4 Å². The Morgan fingerprint density at radius 2 is 2.05 bits per heavy atom. The number of carboxylic acids is 1. The molecular formula is C13H17N3O3. The van der Waals surface area contributed by atoms with E-state index in [1.165, 1.54) is 4.90 Å². The third-order valence-electron chi connectivity index (χ3n) is 3.38. The zero-order chi connectivity index (χ0) is 14.0. The number of likely N-dealkylation sites (tertiary alicyclic amines) is 1. The van der Waals surface area contributed by atoms with Crippen molar-refractivity contribution in [2.45, 2.75) is 39.2 Å². The number of carbonyl (C=O) groups is 2. The molecular weight excluding hydrogens is 246 g/mol. The molecule has 0 spiro atoms. The highest BCUT2D eigenvalue weighted by atomic mass is 16.4. The second-order valence-corrected chi connectivity index (χ2v) is 4.83. The van der Waals surface area contributed by atoms with Crippen LogP contribution in [-0.4, -0.2) is 44.7 Å². The molecule has 1 N–H and O–H groups in total. The zero-order valence-corrected chi connectivity index (χ0v) is 11.1. The summed E-state index contributed by atoms with van der Waals surface area (Å²) in [4.78, 5) is 25.2. The molecule has 1 saturated heterocycles. The van der Waals surface area contributed by atoms with Crippen LogP contribution in [0.15, 0.2) is 6.07 Å². The van der Waals surface area contributed by atoms with Crippen LogP contribution in [-0.2, 0) is 4.79 Å². The molecule has 19 heavy (non-hydrogen) atoms. The van der Waals surface area contributed by atoms with Gasteiger partial charge in [-0.25, -0.2) is 4.79 Å². The Morgan fingerprint density at radius 3 is 2.74 bits per heavy atom. The van der Waals surface area contributed by atoms with Gasteiger partial charge in [0.2, 0.25) is 0 Å². The highest BCUT2D eigenvalue weighted by molar-refractivity contribution is 5.97. The van der Waals surface area contributed by atoms with Crippen molar-refractivity contribution in [2.24, 2.45) is 0 Å². The van der Waals surface area contributed by atoms with Gasteiger partial charge >= 0.3 is 5.97 Å². The van der Waals surface area contributed by atoms with Crippen molar-refractivity contribution in [3.63, 3.8) is 0 Å². The summed E-state index contributed by atoms with van der Waals surface area (Å²) in [5.74, 6) is -1.20. The second kappa shape index (κ2) is 5.34. The predicted molar refractivity (Wildman–Crippen MR) is 67.8 cm³/mol. The SMILES string of the molecule is Cc1cc(C(=O)N2CCCC[C@H]2C(=O)O)c(C)nn1. The van der Waals surface area contributed by atoms with E-state index in [1.54, 1.807) is 19.9 Å². The molecule has 6 heteroatoms. The van der Waals surface area contributed by atoms with Crippen LogP contribution in [0.3, 0.4) is 0 Å². The number of carboxylic acid groups (broad SMARTS) is 1. The van der Waals surface area contributed by atoms with Gasteiger partial charge in [-0.3, -0.25) is 4.79 Å². The Hall–Kier alpha value is -1.98. The predicted octanol–water partition coefficient (Wildman–Crippen LogP) is 1.17. The third-order valence-corrected chi connectivity index (χ3v) is 3.38. The number of amides is 1. The molecule has 2 heterocycles. The van der Waals surface area contributed by atoms with Gasteiger partial charge in [0.25, 0.3) is 5.91 Å². The average Bonchev–Trinajstić information content (AvgIpc) is 2.40. The molecule has 6 nitrogen and oxygen atoms in total. The Morgan fingerprint density at radius 1 is 1.32 bits per heavy atom. The maximum atomic E-state index is 12.5. The lowest BCUT2D eigenvalue weighted by Crippen LogP contribution is -2.48. The van der Waals surface area contributed by atoms with E-state index < -0.39 is 12.0 Å². The van der Waals surface area contributed by atoms with E-state index in [9.17, 15) is 14.7 Å². The molecule has 0 bridgehead atoms. The number of piperidine rings is 1. The molecule has 1 fully saturated rings. The standard InChI is InChI=1S/C13H17N3O3/c1-8-7-10(9(2)15-14-8)12(17)16-6-4-3-5-11(16)13(18)19/h7,11H,3-6H2,1-2H3,(H,18,19)/t11-/m0/s1. The van der Waals surface area contributed by atoms with E-state index in [2.05, 4.69) is 10.2 Å². The first-order valence-corrected chi connectivity index (χ1v) is 6.35. The van der Waals surface area contributed by atoms with Gasteiger partial charge in [0, 0.05) is 6.54 Å². The lowest BCUT2D eigenvalue weighted by Gasteiger charge is -2.33. The summed E-state index contributed by atoms with van der Waals surface area (Å²) < 4.78 is 0. The van der Waals surface area contributed by atoms with Crippen molar-refractivity contribution < 1.29 is 14.7 Å². The summed E-state index contributed by atoms with van der Waals surface area (Å²) >= 11 is 0. The summed E-state index contributed by atoms with van der Waals surface area (Å²) in [7, 11) is 0. The third kappa shape index (κ3) is 2.72. The highest BCUT2D eigenvalue weighted by Gasteiger charge is 2.33. The van der Waals surface area contributed by atoms with Gasteiger partial charge in [-0.1, -0.05) is 0 Å². The zero-order valence-electron chi connectivity index (χ0n) is 11.1. The normalized spacial score (nSPS) is 19.3. The van der Waals surface area contributed by atoms with Crippen LogP contribution in [0.5, 0.6) is 0 Å². The molecule has 1 atom stereocenters. The summed E-state index contributed by atoms with van der Waals surface area (Å²) in [6.07, 6.45) is 2.19. The molecule has 0 aliphatic carbocycles. The molecule has 102 valence electrons. The van der Waals surface area contributed by atoms with Gasteiger partial charge in [-0.15, -0.1) is 0 Å². The number of rotatable bonds is 2. The molecule has 1 aliphatic heterocycles. The average molecular weight is 263 g/mol.